The first kappa shape index (κ1) is 28.8. The Hall–Kier alpha value is -4.33. The van der Waals surface area contributed by atoms with E-state index in [4.69, 9.17) is 14.2 Å². The molecule has 1 heterocycles. The lowest BCUT2D eigenvalue weighted by atomic mass is 9.92. The zero-order valence-electron chi connectivity index (χ0n) is 24.8. The lowest BCUT2D eigenvalue weighted by Crippen LogP contribution is -2.39. The van der Waals surface area contributed by atoms with Gasteiger partial charge in [0.1, 0.15) is 23.9 Å². The van der Waals surface area contributed by atoms with Gasteiger partial charge in [0.2, 0.25) is 0 Å². The Labute approximate surface area is 252 Å². The zero-order chi connectivity index (χ0) is 29.8. The maximum Gasteiger partial charge on any atom is 0.251 e. The number of hydrogen-bond donors (Lipinski definition) is 2. The van der Waals surface area contributed by atoms with Crippen LogP contribution in [0.2, 0.25) is 0 Å². The summed E-state index contributed by atoms with van der Waals surface area (Å²) < 4.78 is 17.0. The lowest BCUT2D eigenvalue weighted by molar-refractivity contribution is -0.128. The fraction of sp³-hybridized carbons (Fsp3) is 0.306. The summed E-state index contributed by atoms with van der Waals surface area (Å²) in [5, 5.41) is 15.8. The average molecular weight is 579 g/mol. The summed E-state index contributed by atoms with van der Waals surface area (Å²) in [6.07, 6.45) is 2.76. The number of amides is 1. The van der Waals surface area contributed by atoms with Crippen molar-refractivity contribution in [1.29, 1.82) is 0 Å². The van der Waals surface area contributed by atoms with Crippen LogP contribution in [0.25, 0.3) is 16.3 Å². The molecule has 1 amide bonds. The molecule has 7 heteroatoms. The molecule has 4 aromatic carbocycles. The molecule has 1 aliphatic heterocycles. The minimum Gasteiger partial charge on any atom is -0.497 e. The molecule has 2 N–H and O–H groups in total. The van der Waals surface area contributed by atoms with Gasteiger partial charge in [-0.25, -0.2) is 0 Å². The molecule has 0 unspecified atom stereocenters. The van der Waals surface area contributed by atoms with E-state index in [2.05, 4.69) is 23.5 Å². The second-order valence-corrected chi connectivity index (χ2v) is 11.2. The Morgan fingerprint density at radius 2 is 1.72 bits per heavy atom. The first-order valence-electron chi connectivity index (χ1n) is 14.9. The van der Waals surface area contributed by atoms with Gasteiger partial charge in [-0.2, -0.15) is 0 Å². The molecule has 1 fully saturated rings. The van der Waals surface area contributed by atoms with Gasteiger partial charge in [-0.1, -0.05) is 48.5 Å². The van der Waals surface area contributed by atoms with E-state index in [9.17, 15) is 9.90 Å². The second-order valence-electron chi connectivity index (χ2n) is 11.2. The number of aliphatic hydroxyl groups excluding tert-OH is 1. The quantitative estimate of drug-likeness (QED) is 0.232. The Morgan fingerprint density at radius 3 is 2.47 bits per heavy atom. The number of rotatable bonds is 11. The summed E-state index contributed by atoms with van der Waals surface area (Å²) >= 11 is 0. The number of benzene rings is 4. The number of methoxy groups -OCH3 is 2. The first-order chi connectivity index (χ1) is 21.1. The topological polar surface area (TPSA) is 80.3 Å². The van der Waals surface area contributed by atoms with Crippen molar-refractivity contribution in [3.63, 3.8) is 0 Å². The van der Waals surface area contributed by atoms with Crippen molar-refractivity contribution in [2.45, 2.75) is 45.1 Å². The molecular weight excluding hydrogens is 540 g/mol. The number of nitrogens with zero attached hydrogens (tertiary/aromatic N) is 1. The fourth-order valence-corrected chi connectivity index (χ4v) is 5.91. The van der Waals surface area contributed by atoms with E-state index >= 15 is 0 Å². The van der Waals surface area contributed by atoms with Gasteiger partial charge in [-0.15, -0.1) is 0 Å². The largest absolute Gasteiger partial charge is 0.497 e. The van der Waals surface area contributed by atoms with Gasteiger partial charge >= 0.3 is 0 Å². The van der Waals surface area contributed by atoms with Gasteiger partial charge < -0.3 is 29.5 Å². The van der Waals surface area contributed by atoms with Gasteiger partial charge in [0.05, 0.1) is 20.8 Å². The van der Waals surface area contributed by atoms with Crippen LogP contribution in [0.4, 0.5) is 0 Å². The molecule has 4 aromatic rings. The highest BCUT2D eigenvalue weighted by molar-refractivity contribution is 6.02. The van der Waals surface area contributed by atoms with Crippen LogP contribution in [0.1, 0.15) is 41.5 Å². The Bertz CT molecular complexity index is 1640. The number of aliphatic hydroxyl groups is 1. The van der Waals surface area contributed by atoms with Crippen LogP contribution in [0, 0.1) is 0 Å². The van der Waals surface area contributed by atoms with Crippen molar-refractivity contribution in [2.75, 3.05) is 27.3 Å². The predicted molar refractivity (Wildman–Crippen MR) is 168 cm³/mol. The standard InChI is InChI=1S/C36H38N2O5/c1-41-30-16-24(17-31(19-30)42-2)23-43-29-8-5-7-26(18-29)33-14-15-37-20-34(33)36(40)38(28-12-13-28)21-35-27(22-39)11-10-25-6-3-4-9-32(25)35/h3-11,16-19,28,37,39H,12-15,20-23H2,1-2H3. The highest BCUT2D eigenvalue weighted by Crippen LogP contribution is 2.35. The third-order valence-corrected chi connectivity index (χ3v) is 8.36. The molecule has 2 aliphatic rings. The summed E-state index contributed by atoms with van der Waals surface area (Å²) in [5.41, 5.74) is 5.70. The lowest BCUT2D eigenvalue weighted by Gasteiger charge is -2.29. The van der Waals surface area contributed by atoms with Crippen molar-refractivity contribution >= 4 is 22.3 Å². The highest BCUT2D eigenvalue weighted by Gasteiger charge is 2.36. The molecule has 0 atom stereocenters. The van der Waals surface area contributed by atoms with E-state index < -0.39 is 0 Å². The molecule has 0 spiro atoms. The number of ether oxygens (including phenoxy) is 3. The van der Waals surface area contributed by atoms with Crippen LogP contribution in [0.15, 0.2) is 84.4 Å². The number of fused-ring (bicyclic) bond motifs is 1. The molecule has 0 radical (unpaired) electrons. The van der Waals surface area contributed by atoms with Crippen molar-refractivity contribution in [2.24, 2.45) is 0 Å². The SMILES string of the molecule is COc1cc(COc2cccc(C3=C(C(=O)N(Cc4c(CO)ccc5ccccc45)C4CC4)CNCC3)c2)cc(OC)c1. The van der Waals surface area contributed by atoms with Crippen molar-refractivity contribution in [3.8, 4) is 17.2 Å². The third-order valence-electron chi connectivity index (χ3n) is 8.36. The zero-order valence-corrected chi connectivity index (χ0v) is 24.8. The van der Waals surface area contributed by atoms with Gasteiger partial charge in [0, 0.05) is 30.8 Å². The maximum absolute atomic E-state index is 14.3. The first-order valence-corrected chi connectivity index (χ1v) is 14.9. The van der Waals surface area contributed by atoms with Gasteiger partial charge in [-0.05, 0) is 88.7 Å². The van der Waals surface area contributed by atoms with Gasteiger partial charge in [-0.3, -0.25) is 4.79 Å². The molecule has 222 valence electrons. The number of nitrogens with one attached hydrogen (secondary N) is 1. The van der Waals surface area contributed by atoms with Gasteiger partial charge in [0.15, 0.2) is 0 Å². The summed E-state index contributed by atoms with van der Waals surface area (Å²) in [4.78, 5) is 16.4. The van der Waals surface area contributed by atoms with Crippen LogP contribution >= 0.6 is 0 Å². The highest BCUT2D eigenvalue weighted by atomic mass is 16.5. The van der Waals surface area contributed by atoms with Crippen molar-refractivity contribution in [1.82, 2.24) is 10.2 Å². The Morgan fingerprint density at radius 1 is 0.930 bits per heavy atom. The van der Waals surface area contributed by atoms with E-state index in [1.807, 2.05) is 65.6 Å². The molecule has 7 nitrogen and oxygen atoms in total. The molecule has 0 aromatic heterocycles. The van der Waals surface area contributed by atoms with E-state index in [-0.39, 0.29) is 18.6 Å². The number of carbonyl (C=O) groups is 1. The Balaban J connectivity index is 1.28. The minimum absolute atomic E-state index is 0.0578. The molecular formula is C36H38N2O5. The third kappa shape index (κ3) is 6.38. The monoisotopic (exact) mass is 578 g/mol. The average Bonchev–Trinajstić information content (AvgIpc) is 3.91. The van der Waals surface area contributed by atoms with Crippen LogP contribution in [-0.2, 0) is 24.6 Å². The summed E-state index contributed by atoms with van der Waals surface area (Å²) in [6, 6.07) is 26.1. The minimum atomic E-state index is -0.0578. The van der Waals surface area contributed by atoms with E-state index in [1.54, 1.807) is 14.2 Å². The normalized spacial score (nSPS) is 15.0. The summed E-state index contributed by atoms with van der Waals surface area (Å²) in [7, 11) is 3.26. The van der Waals surface area contributed by atoms with Crippen LogP contribution in [0.3, 0.4) is 0 Å². The molecule has 43 heavy (non-hydrogen) atoms. The van der Waals surface area contributed by atoms with Gasteiger partial charge in [0.25, 0.3) is 5.91 Å². The van der Waals surface area contributed by atoms with Crippen LogP contribution < -0.4 is 19.5 Å². The van der Waals surface area contributed by atoms with Crippen LogP contribution in [-0.4, -0.2) is 49.3 Å². The van der Waals surface area contributed by atoms with E-state index in [0.717, 1.165) is 75.7 Å². The molecule has 6 rings (SSSR count). The molecule has 1 saturated carbocycles. The second kappa shape index (κ2) is 12.9. The van der Waals surface area contributed by atoms with Crippen molar-refractivity contribution < 1.29 is 24.1 Å². The molecule has 0 bridgehead atoms. The van der Waals surface area contributed by atoms with Crippen molar-refractivity contribution in [3.05, 3.63) is 107 Å². The molecule has 0 saturated heterocycles. The molecule has 1 aliphatic carbocycles. The number of hydrogen-bond acceptors (Lipinski definition) is 6. The fourth-order valence-electron chi connectivity index (χ4n) is 5.91. The number of carbonyl (C=O) groups excluding carboxylic acids is 1. The van der Waals surface area contributed by atoms with E-state index in [1.165, 1.54) is 0 Å². The maximum atomic E-state index is 14.3. The Kier molecular flexibility index (Phi) is 8.63. The summed E-state index contributed by atoms with van der Waals surface area (Å²) in [5.74, 6) is 2.23. The summed E-state index contributed by atoms with van der Waals surface area (Å²) in [6.45, 7) is 2.11. The van der Waals surface area contributed by atoms with E-state index in [0.29, 0.717) is 31.2 Å². The predicted octanol–water partition coefficient (Wildman–Crippen LogP) is 5.87. The smallest absolute Gasteiger partial charge is 0.251 e. The van der Waals surface area contributed by atoms with Crippen LogP contribution in [0.5, 0.6) is 17.2 Å².